The van der Waals surface area contributed by atoms with Gasteiger partial charge in [0, 0.05) is 32.6 Å². The molecule has 2 aromatic carbocycles. The van der Waals surface area contributed by atoms with Crippen molar-refractivity contribution in [1.82, 2.24) is 14.3 Å². The first-order valence-corrected chi connectivity index (χ1v) is 13.3. The number of piperidine rings is 1. The Morgan fingerprint density at radius 3 is 2.35 bits per heavy atom. The number of benzene rings is 2. The van der Waals surface area contributed by atoms with Crippen LogP contribution in [0.15, 0.2) is 59.5 Å². The number of nitrogens with zero attached hydrogens (tertiary/aromatic N) is 4. The van der Waals surface area contributed by atoms with Crippen molar-refractivity contribution >= 4 is 16.0 Å². The second kappa shape index (κ2) is 9.35. The molecule has 0 spiro atoms. The lowest BCUT2D eigenvalue weighted by molar-refractivity contribution is 0.368. The van der Waals surface area contributed by atoms with E-state index in [0.717, 1.165) is 42.8 Å². The Bertz CT molecular complexity index is 1260. The van der Waals surface area contributed by atoms with E-state index >= 15 is 0 Å². The lowest BCUT2D eigenvalue weighted by atomic mass is 9.99. The van der Waals surface area contributed by atoms with E-state index in [1.54, 1.807) is 12.1 Å². The zero-order valence-corrected chi connectivity index (χ0v) is 20.5. The van der Waals surface area contributed by atoms with Crippen LogP contribution in [0.25, 0.3) is 0 Å². The molecule has 34 heavy (non-hydrogen) atoms. The van der Waals surface area contributed by atoms with Crippen LogP contribution < -0.4 is 9.64 Å². The summed E-state index contributed by atoms with van der Waals surface area (Å²) in [5.74, 6) is 2.48. The number of hydrogen-bond donors (Lipinski definition) is 0. The molecule has 0 amide bonds. The minimum absolute atomic E-state index is 0.186. The molecule has 3 aromatic rings. The normalized spacial score (nSPS) is 17.4. The second-order valence-corrected chi connectivity index (χ2v) is 11.2. The van der Waals surface area contributed by atoms with Crippen molar-refractivity contribution in [3.8, 4) is 11.6 Å². The van der Waals surface area contributed by atoms with Gasteiger partial charge in [-0.25, -0.2) is 13.4 Å². The maximum atomic E-state index is 13.4. The molecule has 8 heteroatoms. The van der Waals surface area contributed by atoms with Crippen molar-refractivity contribution in [2.45, 2.75) is 44.6 Å². The molecule has 0 N–H and O–H groups in total. The lowest BCUT2D eigenvalue weighted by Crippen LogP contribution is -2.38. The van der Waals surface area contributed by atoms with Crippen LogP contribution in [0.3, 0.4) is 0 Å². The fourth-order valence-electron chi connectivity index (χ4n) is 4.45. The number of ether oxygens (including phenoxy) is 1. The lowest BCUT2D eigenvalue weighted by Gasteiger charge is -2.33. The third-order valence-corrected chi connectivity index (χ3v) is 8.52. The summed E-state index contributed by atoms with van der Waals surface area (Å²) < 4.78 is 34.4. The fourth-order valence-corrected chi connectivity index (χ4v) is 5.85. The van der Waals surface area contributed by atoms with Crippen LogP contribution in [0, 0.1) is 12.8 Å². The van der Waals surface area contributed by atoms with Gasteiger partial charge in [-0.05, 0) is 49.9 Å². The van der Waals surface area contributed by atoms with Crippen LogP contribution in [0.5, 0.6) is 11.6 Å². The predicted molar refractivity (Wildman–Crippen MR) is 132 cm³/mol. The highest BCUT2D eigenvalue weighted by Crippen LogP contribution is 2.34. The maximum Gasteiger partial charge on any atom is 0.243 e. The highest BCUT2D eigenvalue weighted by atomic mass is 32.2. The van der Waals surface area contributed by atoms with E-state index < -0.39 is 10.0 Å². The van der Waals surface area contributed by atoms with E-state index in [2.05, 4.69) is 11.8 Å². The molecule has 178 valence electrons. The summed E-state index contributed by atoms with van der Waals surface area (Å²) >= 11 is 0. The Hall–Kier alpha value is -2.97. The first-order valence-electron chi connectivity index (χ1n) is 11.8. The smallest absolute Gasteiger partial charge is 0.243 e. The molecule has 3 heterocycles. The molecular weight excluding hydrogens is 448 g/mol. The zero-order valence-electron chi connectivity index (χ0n) is 19.6. The first kappa shape index (κ1) is 22.8. The number of aryl methyl sites for hydroxylation is 1. The maximum absolute atomic E-state index is 13.4. The number of sulfonamides is 1. The van der Waals surface area contributed by atoms with Crippen molar-refractivity contribution in [3.63, 3.8) is 0 Å². The molecule has 0 saturated carbocycles. The van der Waals surface area contributed by atoms with Gasteiger partial charge in [0.05, 0.1) is 16.2 Å². The molecule has 2 aliphatic rings. The SMILES string of the molecule is Cc1ccc(S(=O)(=O)N2CCc3nc(N4CCC(C)CC4)nc(Oc4ccccc4)c3C2)cc1. The second-order valence-electron chi connectivity index (χ2n) is 9.24. The number of aromatic nitrogens is 2. The van der Waals surface area contributed by atoms with Crippen molar-refractivity contribution in [1.29, 1.82) is 0 Å². The Morgan fingerprint density at radius 1 is 0.941 bits per heavy atom. The fraction of sp³-hybridized carbons (Fsp3) is 0.385. The molecule has 0 unspecified atom stereocenters. The van der Waals surface area contributed by atoms with E-state index in [1.165, 1.54) is 4.31 Å². The summed E-state index contributed by atoms with van der Waals surface area (Å²) in [6.45, 7) is 6.61. The third kappa shape index (κ3) is 4.65. The van der Waals surface area contributed by atoms with Gasteiger partial charge in [-0.1, -0.05) is 42.8 Å². The Morgan fingerprint density at radius 2 is 1.65 bits per heavy atom. The van der Waals surface area contributed by atoms with Gasteiger partial charge in [0.1, 0.15) is 5.75 Å². The van der Waals surface area contributed by atoms with Crippen molar-refractivity contribution in [2.75, 3.05) is 24.5 Å². The minimum atomic E-state index is -3.64. The Kier molecular flexibility index (Phi) is 6.27. The van der Waals surface area contributed by atoms with E-state index in [4.69, 9.17) is 14.7 Å². The van der Waals surface area contributed by atoms with Crippen LogP contribution >= 0.6 is 0 Å². The van der Waals surface area contributed by atoms with Crippen LogP contribution in [0.1, 0.15) is 36.6 Å². The number of rotatable bonds is 5. The molecule has 1 fully saturated rings. The quantitative estimate of drug-likeness (QED) is 0.535. The van der Waals surface area contributed by atoms with Gasteiger partial charge < -0.3 is 9.64 Å². The molecule has 2 aliphatic heterocycles. The van der Waals surface area contributed by atoms with Crippen LogP contribution in [0.4, 0.5) is 5.95 Å². The molecule has 5 rings (SSSR count). The summed E-state index contributed by atoms with van der Waals surface area (Å²) in [6.07, 6.45) is 2.74. The number of fused-ring (bicyclic) bond motifs is 1. The molecule has 7 nitrogen and oxygen atoms in total. The molecular formula is C26H30N4O3S. The molecule has 0 bridgehead atoms. The zero-order chi connectivity index (χ0) is 23.7. The topological polar surface area (TPSA) is 75.6 Å². The van der Waals surface area contributed by atoms with Crippen LogP contribution in [0.2, 0.25) is 0 Å². The Balaban J connectivity index is 1.50. The van der Waals surface area contributed by atoms with Crippen molar-refractivity contribution in [3.05, 3.63) is 71.4 Å². The van der Waals surface area contributed by atoms with Gasteiger partial charge in [-0.15, -0.1) is 0 Å². The average Bonchev–Trinajstić information content (AvgIpc) is 2.85. The molecule has 0 atom stereocenters. The minimum Gasteiger partial charge on any atom is -0.439 e. The van der Waals surface area contributed by atoms with E-state index in [1.807, 2.05) is 49.4 Å². The van der Waals surface area contributed by atoms with E-state index in [9.17, 15) is 8.42 Å². The van der Waals surface area contributed by atoms with Crippen LogP contribution in [-0.2, 0) is 23.0 Å². The summed E-state index contributed by atoms with van der Waals surface area (Å²) in [5, 5.41) is 0. The highest BCUT2D eigenvalue weighted by Gasteiger charge is 2.32. The van der Waals surface area contributed by atoms with Gasteiger partial charge in [-0.3, -0.25) is 0 Å². The number of para-hydroxylation sites is 1. The van der Waals surface area contributed by atoms with Crippen LogP contribution in [-0.4, -0.2) is 42.3 Å². The van der Waals surface area contributed by atoms with Gasteiger partial charge in [-0.2, -0.15) is 9.29 Å². The first-order chi connectivity index (χ1) is 16.4. The summed E-state index contributed by atoms with van der Waals surface area (Å²) in [4.78, 5) is 12.2. The molecule has 0 aliphatic carbocycles. The number of hydrogen-bond acceptors (Lipinski definition) is 6. The van der Waals surface area contributed by atoms with Crippen molar-refractivity contribution in [2.24, 2.45) is 5.92 Å². The molecule has 0 radical (unpaired) electrons. The summed E-state index contributed by atoms with van der Waals surface area (Å²) in [5.41, 5.74) is 2.62. The van der Waals surface area contributed by atoms with Gasteiger partial charge in [0.2, 0.25) is 21.9 Å². The monoisotopic (exact) mass is 478 g/mol. The highest BCUT2D eigenvalue weighted by molar-refractivity contribution is 7.89. The summed E-state index contributed by atoms with van der Waals surface area (Å²) in [6, 6.07) is 16.5. The standard InChI is InChI=1S/C26H30N4O3S/c1-19-8-10-22(11-9-19)34(31,32)30-17-14-24-23(18-30)25(33-21-6-4-3-5-7-21)28-26(27-24)29-15-12-20(2)13-16-29/h3-11,20H,12-18H2,1-2H3. The average molecular weight is 479 g/mol. The molecule has 1 saturated heterocycles. The third-order valence-electron chi connectivity index (χ3n) is 6.66. The van der Waals surface area contributed by atoms with E-state index in [-0.39, 0.29) is 6.54 Å². The predicted octanol–water partition coefficient (Wildman–Crippen LogP) is 4.56. The van der Waals surface area contributed by atoms with Crippen molar-refractivity contribution < 1.29 is 13.2 Å². The number of anilines is 1. The van der Waals surface area contributed by atoms with Gasteiger partial charge in [0.25, 0.3) is 0 Å². The Labute approximate surface area is 201 Å². The molecule has 1 aromatic heterocycles. The van der Waals surface area contributed by atoms with Gasteiger partial charge >= 0.3 is 0 Å². The van der Waals surface area contributed by atoms with Gasteiger partial charge in [0.15, 0.2) is 0 Å². The van der Waals surface area contributed by atoms with E-state index in [0.29, 0.717) is 41.4 Å². The largest absolute Gasteiger partial charge is 0.439 e. The summed E-state index contributed by atoms with van der Waals surface area (Å²) in [7, 11) is -3.64.